The van der Waals surface area contributed by atoms with Gasteiger partial charge in [0.05, 0.1) is 19.8 Å². The molecule has 10 nitrogen and oxygen atoms in total. The van der Waals surface area contributed by atoms with Gasteiger partial charge in [-0.1, -0.05) is 232 Å². The van der Waals surface area contributed by atoms with Crippen LogP contribution in [0.2, 0.25) is 0 Å². The van der Waals surface area contributed by atoms with Gasteiger partial charge in [-0.3, -0.25) is 18.6 Å². The number of ether oxygens (including phenoxy) is 2. The van der Waals surface area contributed by atoms with Crippen LogP contribution in [0.1, 0.15) is 258 Å². The summed E-state index contributed by atoms with van der Waals surface area (Å²) >= 11 is 0. The number of carbonyl (C=O) groups excluding carboxylic acids is 2. The van der Waals surface area contributed by atoms with Crippen LogP contribution >= 0.6 is 7.82 Å². The highest BCUT2D eigenvalue weighted by molar-refractivity contribution is 7.47. The SMILES string of the molecule is CCCCCCCCCCCCCCCCCCCCCCCCCCC(=O)OC(COC(=O)CCCCCCCCCCCCCC)COP(=O)(O)OCC(O)CO. The Hall–Kier alpha value is -1.03. The first kappa shape index (κ1) is 58.0. The Labute approximate surface area is 363 Å². The van der Waals surface area contributed by atoms with Crippen LogP contribution in [0.4, 0.5) is 0 Å². The van der Waals surface area contributed by atoms with Gasteiger partial charge < -0.3 is 24.6 Å². The third-order valence-electron chi connectivity index (χ3n) is 11.3. The zero-order chi connectivity index (χ0) is 43.3. The molecule has 0 rings (SSSR count). The summed E-state index contributed by atoms with van der Waals surface area (Å²) in [4.78, 5) is 35.1. The summed E-state index contributed by atoms with van der Waals surface area (Å²) in [6.07, 6.45) is 43.7. The predicted octanol–water partition coefficient (Wildman–Crippen LogP) is 13.8. The van der Waals surface area contributed by atoms with Crippen LogP contribution in [-0.4, -0.2) is 65.7 Å². The van der Waals surface area contributed by atoms with Crippen molar-refractivity contribution in [1.82, 2.24) is 0 Å². The minimum Gasteiger partial charge on any atom is -0.462 e. The lowest BCUT2D eigenvalue weighted by atomic mass is 10.0. The summed E-state index contributed by atoms with van der Waals surface area (Å²) in [6, 6.07) is 0. The monoisotopic (exact) mass is 863 g/mol. The Kier molecular flexibility index (Phi) is 44.2. The first-order valence-electron chi connectivity index (χ1n) is 25.0. The molecule has 3 atom stereocenters. The van der Waals surface area contributed by atoms with Crippen LogP contribution < -0.4 is 0 Å². The number of hydrogen-bond acceptors (Lipinski definition) is 9. The maximum absolute atomic E-state index is 12.7. The minimum absolute atomic E-state index is 0.193. The van der Waals surface area contributed by atoms with Crippen molar-refractivity contribution < 1.29 is 47.8 Å². The van der Waals surface area contributed by atoms with Gasteiger partial charge in [0, 0.05) is 12.8 Å². The van der Waals surface area contributed by atoms with E-state index in [1.807, 2.05) is 0 Å². The second-order valence-corrected chi connectivity index (χ2v) is 18.7. The van der Waals surface area contributed by atoms with E-state index in [4.69, 9.17) is 23.6 Å². The van der Waals surface area contributed by atoms with Crippen molar-refractivity contribution in [3.05, 3.63) is 0 Å². The van der Waals surface area contributed by atoms with Crippen LogP contribution in [0.25, 0.3) is 0 Å². The Morgan fingerprint density at radius 3 is 1.05 bits per heavy atom. The van der Waals surface area contributed by atoms with E-state index in [-0.39, 0.29) is 19.4 Å². The van der Waals surface area contributed by atoms with Gasteiger partial charge in [0.15, 0.2) is 6.10 Å². The Balaban J connectivity index is 4.06. The first-order valence-corrected chi connectivity index (χ1v) is 26.5. The van der Waals surface area contributed by atoms with Gasteiger partial charge in [-0.05, 0) is 12.8 Å². The predicted molar refractivity (Wildman–Crippen MR) is 242 cm³/mol. The second-order valence-electron chi connectivity index (χ2n) is 17.2. The molecule has 0 aliphatic carbocycles. The number of rotatable bonds is 48. The Morgan fingerprint density at radius 1 is 0.441 bits per heavy atom. The number of carbonyl (C=O) groups is 2. The number of aliphatic hydroxyl groups is 2. The molecule has 352 valence electrons. The zero-order valence-electron chi connectivity index (χ0n) is 38.5. The standard InChI is InChI=1S/C48H95O10P/c1-3-5-7-9-11-13-15-17-18-19-20-21-22-23-24-25-26-27-28-30-32-34-36-38-40-48(52)58-46(44-57-59(53,54)56-42-45(50)41-49)43-55-47(51)39-37-35-33-31-29-16-14-12-10-8-6-4-2/h45-46,49-50H,3-44H2,1-2H3,(H,53,54). The van der Waals surface area contributed by atoms with Crippen molar-refractivity contribution in [2.45, 2.75) is 270 Å². The molecule has 0 aromatic carbocycles. The molecule has 0 spiro atoms. The fourth-order valence-corrected chi connectivity index (χ4v) is 8.20. The Bertz CT molecular complexity index is 951. The zero-order valence-corrected chi connectivity index (χ0v) is 39.4. The molecule has 0 aliphatic heterocycles. The highest BCUT2D eigenvalue weighted by Crippen LogP contribution is 2.43. The molecule has 3 N–H and O–H groups in total. The second kappa shape index (κ2) is 45.0. The third kappa shape index (κ3) is 44.8. The summed E-state index contributed by atoms with van der Waals surface area (Å²) in [5.41, 5.74) is 0. The van der Waals surface area contributed by atoms with Crippen molar-refractivity contribution in [2.24, 2.45) is 0 Å². The van der Waals surface area contributed by atoms with E-state index >= 15 is 0 Å². The number of hydrogen-bond donors (Lipinski definition) is 3. The van der Waals surface area contributed by atoms with Crippen LogP contribution in [0.5, 0.6) is 0 Å². The number of unbranched alkanes of at least 4 members (excludes halogenated alkanes) is 34. The fourth-order valence-electron chi connectivity index (χ4n) is 7.41. The number of aliphatic hydroxyl groups excluding tert-OH is 2. The smallest absolute Gasteiger partial charge is 0.462 e. The Morgan fingerprint density at radius 2 is 0.729 bits per heavy atom. The molecule has 0 heterocycles. The van der Waals surface area contributed by atoms with Crippen LogP contribution in [-0.2, 0) is 32.7 Å². The van der Waals surface area contributed by atoms with E-state index in [0.29, 0.717) is 12.8 Å². The molecule has 0 saturated carbocycles. The summed E-state index contributed by atoms with van der Waals surface area (Å²) in [6.45, 7) is 2.43. The average Bonchev–Trinajstić information content (AvgIpc) is 3.22. The molecule has 0 fully saturated rings. The van der Waals surface area contributed by atoms with Crippen molar-refractivity contribution in [2.75, 3.05) is 26.4 Å². The maximum atomic E-state index is 12.7. The number of phosphoric ester groups is 1. The summed E-state index contributed by atoms with van der Waals surface area (Å²) in [7, 11) is -4.61. The van der Waals surface area contributed by atoms with Crippen molar-refractivity contribution in [3.63, 3.8) is 0 Å². The van der Waals surface area contributed by atoms with Crippen molar-refractivity contribution in [1.29, 1.82) is 0 Å². The molecule has 11 heteroatoms. The first-order chi connectivity index (χ1) is 28.7. The van der Waals surface area contributed by atoms with Crippen molar-refractivity contribution in [3.8, 4) is 0 Å². The summed E-state index contributed by atoms with van der Waals surface area (Å²) < 4.78 is 32.8. The molecule has 0 aromatic rings. The lowest BCUT2D eigenvalue weighted by molar-refractivity contribution is -0.161. The number of esters is 2. The molecule has 0 radical (unpaired) electrons. The molecule has 0 bridgehead atoms. The maximum Gasteiger partial charge on any atom is 0.472 e. The molecule has 59 heavy (non-hydrogen) atoms. The highest BCUT2D eigenvalue weighted by Gasteiger charge is 2.27. The summed E-state index contributed by atoms with van der Waals surface area (Å²) in [5.74, 6) is -0.906. The van der Waals surface area contributed by atoms with Gasteiger partial charge in [0.2, 0.25) is 0 Å². The lowest BCUT2D eigenvalue weighted by Crippen LogP contribution is -2.29. The highest BCUT2D eigenvalue weighted by atomic mass is 31.2. The minimum atomic E-state index is -4.61. The molecule has 0 saturated heterocycles. The molecule has 0 aromatic heterocycles. The quantitative estimate of drug-likeness (QED) is 0.0306. The third-order valence-corrected chi connectivity index (χ3v) is 12.2. The molecule has 0 aliphatic rings. The molecule has 3 unspecified atom stereocenters. The topological polar surface area (TPSA) is 149 Å². The van der Waals surface area contributed by atoms with E-state index in [2.05, 4.69) is 13.8 Å². The van der Waals surface area contributed by atoms with E-state index < -0.39 is 51.8 Å². The molecular formula is C48H95O10P. The molecular weight excluding hydrogens is 767 g/mol. The van der Waals surface area contributed by atoms with E-state index in [0.717, 1.165) is 38.5 Å². The van der Waals surface area contributed by atoms with E-state index in [1.54, 1.807) is 0 Å². The van der Waals surface area contributed by atoms with E-state index in [1.165, 1.54) is 180 Å². The largest absolute Gasteiger partial charge is 0.472 e. The summed E-state index contributed by atoms with van der Waals surface area (Å²) in [5, 5.41) is 18.4. The van der Waals surface area contributed by atoms with E-state index in [9.17, 15) is 24.2 Å². The average molecular weight is 863 g/mol. The van der Waals surface area contributed by atoms with Gasteiger partial charge in [-0.15, -0.1) is 0 Å². The van der Waals surface area contributed by atoms with Gasteiger partial charge in [0.25, 0.3) is 0 Å². The van der Waals surface area contributed by atoms with Gasteiger partial charge >= 0.3 is 19.8 Å². The van der Waals surface area contributed by atoms with Crippen LogP contribution in [0.3, 0.4) is 0 Å². The number of phosphoric acid groups is 1. The van der Waals surface area contributed by atoms with Crippen LogP contribution in [0, 0.1) is 0 Å². The van der Waals surface area contributed by atoms with Crippen molar-refractivity contribution >= 4 is 19.8 Å². The normalized spacial score (nSPS) is 13.6. The molecule has 0 amide bonds. The van der Waals surface area contributed by atoms with Gasteiger partial charge in [-0.25, -0.2) is 4.57 Å². The van der Waals surface area contributed by atoms with Gasteiger partial charge in [-0.2, -0.15) is 0 Å². The fraction of sp³-hybridized carbons (Fsp3) is 0.958. The van der Waals surface area contributed by atoms with Crippen LogP contribution in [0.15, 0.2) is 0 Å². The lowest BCUT2D eigenvalue weighted by Gasteiger charge is -2.20. The van der Waals surface area contributed by atoms with Gasteiger partial charge in [0.1, 0.15) is 12.7 Å².